The molecule has 1 aliphatic rings. The lowest BCUT2D eigenvalue weighted by Crippen LogP contribution is -2.15. The zero-order valence-corrected chi connectivity index (χ0v) is 12.4. The van der Waals surface area contributed by atoms with Gasteiger partial charge in [-0.05, 0) is 48.4 Å². The largest absolute Gasteiger partial charge is 0.495 e. The Morgan fingerprint density at radius 1 is 1.37 bits per heavy atom. The first-order valence-corrected chi connectivity index (χ1v) is 7.70. The van der Waals surface area contributed by atoms with Gasteiger partial charge in [0.25, 0.3) is 0 Å². The summed E-state index contributed by atoms with van der Waals surface area (Å²) in [7, 11) is 1.64. The third-order valence-corrected chi connectivity index (χ3v) is 4.85. The number of hydrogen-bond acceptors (Lipinski definition) is 3. The van der Waals surface area contributed by atoms with Crippen LogP contribution < -0.4 is 10.1 Å². The fraction of sp³-hybridized carbons (Fsp3) is 0.333. The molecule has 100 valence electrons. The SMILES string of the molecule is COc1cc(NC2CCCc3sccc32)ccc1Cl. The highest BCUT2D eigenvalue weighted by Gasteiger charge is 2.21. The van der Waals surface area contributed by atoms with Gasteiger partial charge in [-0.15, -0.1) is 11.3 Å². The second-order valence-corrected chi connectivity index (χ2v) is 6.15. The normalized spacial score (nSPS) is 17.9. The third kappa shape index (κ3) is 2.58. The highest BCUT2D eigenvalue weighted by molar-refractivity contribution is 7.10. The molecule has 0 fully saturated rings. The number of aryl methyl sites for hydroxylation is 1. The van der Waals surface area contributed by atoms with Gasteiger partial charge in [-0.3, -0.25) is 0 Å². The third-order valence-electron chi connectivity index (χ3n) is 3.54. The van der Waals surface area contributed by atoms with E-state index in [4.69, 9.17) is 16.3 Å². The van der Waals surface area contributed by atoms with E-state index in [0.717, 1.165) is 5.69 Å². The fourth-order valence-corrected chi connectivity index (χ4v) is 3.77. The molecule has 1 aromatic heterocycles. The van der Waals surface area contributed by atoms with Gasteiger partial charge in [0, 0.05) is 16.6 Å². The summed E-state index contributed by atoms with van der Waals surface area (Å²) in [6, 6.07) is 8.49. The molecule has 0 amide bonds. The molecule has 1 aromatic carbocycles. The number of ether oxygens (including phenoxy) is 1. The molecule has 4 heteroatoms. The van der Waals surface area contributed by atoms with Crippen LogP contribution in [0.5, 0.6) is 5.75 Å². The number of benzene rings is 1. The van der Waals surface area contributed by atoms with Crippen LogP contribution in [-0.4, -0.2) is 7.11 Å². The molecule has 0 aliphatic heterocycles. The number of anilines is 1. The Balaban J connectivity index is 1.83. The van der Waals surface area contributed by atoms with Gasteiger partial charge >= 0.3 is 0 Å². The van der Waals surface area contributed by atoms with Crippen LogP contribution in [0.25, 0.3) is 0 Å². The quantitative estimate of drug-likeness (QED) is 0.869. The number of hydrogen-bond donors (Lipinski definition) is 1. The lowest BCUT2D eigenvalue weighted by Gasteiger charge is -2.25. The van der Waals surface area contributed by atoms with Crippen molar-refractivity contribution in [1.82, 2.24) is 0 Å². The van der Waals surface area contributed by atoms with Crippen molar-refractivity contribution < 1.29 is 4.74 Å². The van der Waals surface area contributed by atoms with Crippen LogP contribution in [0.15, 0.2) is 29.6 Å². The summed E-state index contributed by atoms with van der Waals surface area (Å²) in [5.41, 5.74) is 2.51. The van der Waals surface area contributed by atoms with E-state index < -0.39 is 0 Å². The van der Waals surface area contributed by atoms with E-state index in [2.05, 4.69) is 16.8 Å². The van der Waals surface area contributed by atoms with Crippen molar-refractivity contribution >= 4 is 28.6 Å². The highest BCUT2D eigenvalue weighted by Crippen LogP contribution is 2.36. The van der Waals surface area contributed by atoms with E-state index >= 15 is 0 Å². The van der Waals surface area contributed by atoms with E-state index in [1.54, 1.807) is 7.11 Å². The van der Waals surface area contributed by atoms with E-state index in [1.807, 2.05) is 29.5 Å². The predicted octanol–water partition coefficient (Wildman–Crippen LogP) is 4.90. The molecule has 19 heavy (non-hydrogen) atoms. The van der Waals surface area contributed by atoms with Crippen LogP contribution in [0, 0.1) is 0 Å². The molecule has 1 atom stereocenters. The summed E-state index contributed by atoms with van der Waals surface area (Å²) >= 11 is 7.92. The van der Waals surface area contributed by atoms with Crippen LogP contribution in [0.4, 0.5) is 5.69 Å². The molecule has 1 unspecified atom stereocenters. The Hall–Kier alpha value is -1.19. The van der Waals surface area contributed by atoms with Crippen LogP contribution in [0.2, 0.25) is 5.02 Å². The molecule has 2 aromatic rings. The maximum Gasteiger partial charge on any atom is 0.139 e. The molecule has 0 saturated carbocycles. The summed E-state index contributed by atoms with van der Waals surface area (Å²) in [5, 5.41) is 6.43. The first kappa shape index (κ1) is 12.8. The zero-order valence-electron chi connectivity index (χ0n) is 10.8. The minimum atomic E-state index is 0.404. The van der Waals surface area contributed by atoms with Gasteiger partial charge in [-0.25, -0.2) is 0 Å². The molecule has 0 spiro atoms. The summed E-state index contributed by atoms with van der Waals surface area (Å²) < 4.78 is 5.26. The van der Waals surface area contributed by atoms with Crippen LogP contribution in [0.3, 0.4) is 0 Å². The van der Waals surface area contributed by atoms with Crippen molar-refractivity contribution in [2.75, 3.05) is 12.4 Å². The van der Waals surface area contributed by atoms with Gasteiger partial charge in [-0.1, -0.05) is 11.6 Å². The number of methoxy groups -OCH3 is 1. The minimum absolute atomic E-state index is 0.404. The van der Waals surface area contributed by atoms with Gasteiger partial charge in [0.2, 0.25) is 0 Å². The van der Waals surface area contributed by atoms with Gasteiger partial charge in [0.1, 0.15) is 5.75 Å². The Morgan fingerprint density at radius 3 is 3.11 bits per heavy atom. The second kappa shape index (κ2) is 5.43. The van der Waals surface area contributed by atoms with E-state index in [0.29, 0.717) is 16.8 Å². The molecule has 0 saturated heterocycles. The molecule has 0 radical (unpaired) electrons. The van der Waals surface area contributed by atoms with Gasteiger partial charge in [-0.2, -0.15) is 0 Å². The Kier molecular flexibility index (Phi) is 3.67. The van der Waals surface area contributed by atoms with Crippen LogP contribution >= 0.6 is 22.9 Å². The first-order valence-electron chi connectivity index (χ1n) is 6.44. The first-order chi connectivity index (χ1) is 9.28. The topological polar surface area (TPSA) is 21.3 Å². The summed E-state index contributed by atoms with van der Waals surface area (Å²) in [6.45, 7) is 0. The maximum absolute atomic E-state index is 6.05. The number of rotatable bonds is 3. The average Bonchev–Trinajstić information content (AvgIpc) is 2.90. The number of fused-ring (bicyclic) bond motifs is 1. The van der Waals surface area contributed by atoms with Crippen molar-refractivity contribution in [3.63, 3.8) is 0 Å². The summed E-state index contributed by atoms with van der Waals surface area (Å²) in [4.78, 5) is 1.52. The Morgan fingerprint density at radius 2 is 2.26 bits per heavy atom. The molecule has 3 rings (SSSR count). The van der Waals surface area contributed by atoms with Crippen molar-refractivity contribution in [1.29, 1.82) is 0 Å². The number of halogens is 1. The molecule has 1 N–H and O–H groups in total. The molecule has 1 heterocycles. The molecular formula is C15H16ClNOS. The zero-order chi connectivity index (χ0) is 13.2. The van der Waals surface area contributed by atoms with Gasteiger partial charge in [0.15, 0.2) is 0 Å². The Bertz CT molecular complexity index is 581. The van der Waals surface area contributed by atoms with E-state index in [1.165, 1.54) is 29.7 Å². The molecule has 1 aliphatic carbocycles. The highest BCUT2D eigenvalue weighted by atomic mass is 35.5. The van der Waals surface area contributed by atoms with Gasteiger partial charge < -0.3 is 10.1 Å². The maximum atomic E-state index is 6.05. The molecular weight excluding hydrogens is 278 g/mol. The van der Waals surface area contributed by atoms with Crippen LogP contribution in [-0.2, 0) is 6.42 Å². The van der Waals surface area contributed by atoms with Crippen molar-refractivity contribution in [3.05, 3.63) is 45.1 Å². The predicted molar refractivity (Wildman–Crippen MR) is 81.6 cm³/mol. The second-order valence-electron chi connectivity index (χ2n) is 4.74. The van der Waals surface area contributed by atoms with E-state index in [-0.39, 0.29) is 0 Å². The van der Waals surface area contributed by atoms with Crippen molar-refractivity contribution in [2.24, 2.45) is 0 Å². The number of thiophene rings is 1. The lowest BCUT2D eigenvalue weighted by atomic mass is 9.94. The van der Waals surface area contributed by atoms with E-state index in [9.17, 15) is 0 Å². The average molecular weight is 294 g/mol. The standard InChI is InChI=1S/C15H16ClNOS/c1-18-14-9-10(5-6-12(14)16)17-13-3-2-4-15-11(13)7-8-19-15/h5-9,13,17H,2-4H2,1H3. The summed E-state index contributed by atoms with van der Waals surface area (Å²) in [5.74, 6) is 0.716. The Labute approximate surface area is 122 Å². The fourth-order valence-electron chi connectivity index (χ4n) is 2.59. The van der Waals surface area contributed by atoms with Crippen LogP contribution in [0.1, 0.15) is 29.3 Å². The van der Waals surface area contributed by atoms with Crippen molar-refractivity contribution in [3.8, 4) is 5.75 Å². The summed E-state index contributed by atoms with van der Waals surface area (Å²) in [6.07, 6.45) is 3.64. The van der Waals surface area contributed by atoms with Gasteiger partial charge in [0.05, 0.1) is 18.2 Å². The molecule has 2 nitrogen and oxygen atoms in total. The number of nitrogens with one attached hydrogen (secondary N) is 1. The molecule has 0 bridgehead atoms. The monoisotopic (exact) mass is 293 g/mol. The van der Waals surface area contributed by atoms with Crippen molar-refractivity contribution in [2.45, 2.75) is 25.3 Å². The lowest BCUT2D eigenvalue weighted by molar-refractivity contribution is 0.415. The minimum Gasteiger partial charge on any atom is -0.495 e. The smallest absolute Gasteiger partial charge is 0.139 e.